The fourth-order valence-corrected chi connectivity index (χ4v) is 3.54. The van der Waals surface area contributed by atoms with Gasteiger partial charge in [0.25, 0.3) is 11.8 Å². The number of carbonyl (C=O) groups excluding carboxylic acids is 2. The van der Waals surface area contributed by atoms with Crippen molar-refractivity contribution in [1.82, 2.24) is 14.8 Å². The number of methoxy groups -OCH3 is 1. The molecule has 7 nitrogen and oxygen atoms in total. The Labute approximate surface area is 166 Å². The molecule has 8 heteroatoms. The Morgan fingerprint density at radius 2 is 1.79 bits per heavy atom. The number of aryl methyl sites for hydroxylation is 1. The molecule has 1 aliphatic rings. The second-order valence-corrected chi connectivity index (χ2v) is 6.89. The van der Waals surface area contributed by atoms with Gasteiger partial charge in [0.2, 0.25) is 0 Å². The lowest BCUT2D eigenvalue weighted by atomic mass is 10.1. The largest absolute Gasteiger partial charge is 0.496 e. The zero-order valence-electron chi connectivity index (χ0n) is 16.1. The quantitative estimate of drug-likeness (QED) is 0.679. The molecule has 1 saturated heterocycles. The van der Waals surface area contributed by atoms with Crippen molar-refractivity contribution in [2.75, 3.05) is 33.3 Å². The van der Waals surface area contributed by atoms with E-state index in [0.717, 1.165) is 0 Å². The van der Waals surface area contributed by atoms with Gasteiger partial charge >= 0.3 is 0 Å². The van der Waals surface area contributed by atoms with Crippen LogP contribution in [0, 0.1) is 12.7 Å². The summed E-state index contributed by atoms with van der Waals surface area (Å²) < 4.78 is 24.3. The van der Waals surface area contributed by atoms with Crippen molar-refractivity contribution < 1.29 is 23.1 Å². The summed E-state index contributed by atoms with van der Waals surface area (Å²) in [7, 11) is 1.47. The predicted molar refractivity (Wildman–Crippen MR) is 104 cm³/mol. The Morgan fingerprint density at radius 3 is 2.41 bits per heavy atom. The van der Waals surface area contributed by atoms with Gasteiger partial charge in [-0.15, -0.1) is 0 Å². The number of hydrogen-bond acceptors (Lipinski definition) is 5. The smallest absolute Gasteiger partial charge is 0.289 e. The molecule has 1 aromatic carbocycles. The van der Waals surface area contributed by atoms with Gasteiger partial charge in [-0.25, -0.2) is 9.37 Å². The van der Waals surface area contributed by atoms with Gasteiger partial charge in [-0.05, 0) is 36.8 Å². The Hall–Kier alpha value is -3.42. The number of nitrogens with zero attached hydrogens (tertiary/aromatic N) is 3. The molecule has 0 N–H and O–H groups in total. The second-order valence-electron chi connectivity index (χ2n) is 6.89. The van der Waals surface area contributed by atoms with E-state index in [4.69, 9.17) is 9.15 Å². The second kappa shape index (κ2) is 7.54. The first-order valence-corrected chi connectivity index (χ1v) is 9.25. The highest BCUT2D eigenvalue weighted by Crippen LogP contribution is 2.29. The van der Waals surface area contributed by atoms with Crippen LogP contribution in [-0.4, -0.2) is 59.9 Å². The van der Waals surface area contributed by atoms with Crippen LogP contribution in [0.25, 0.3) is 10.9 Å². The Kier molecular flexibility index (Phi) is 4.92. The van der Waals surface area contributed by atoms with Crippen molar-refractivity contribution in [3.05, 3.63) is 59.4 Å². The van der Waals surface area contributed by atoms with E-state index in [2.05, 4.69) is 4.98 Å². The van der Waals surface area contributed by atoms with E-state index in [0.29, 0.717) is 48.4 Å². The molecule has 150 valence electrons. The maximum absolute atomic E-state index is 13.8. The molecule has 3 aromatic rings. The van der Waals surface area contributed by atoms with E-state index in [1.54, 1.807) is 28.9 Å². The first-order chi connectivity index (χ1) is 14.0. The van der Waals surface area contributed by atoms with Crippen LogP contribution in [0.3, 0.4) is 0 Å². The maximum Gasteiger partial charge on any atom is 0.289 e. The standard InChI is InChI=1S/C21H20FN3O4/c1-13-10-14(22)11-15-18(28-2)12-16(23-19(13)15)20(26)24-5-7-25(8-6-24)21(27)17-4-3-9-29-17/h3-4,9-12H,5-8H2,1-2H3. The molecule has 0 aliphatic carbocycles. The first kappa shape index (κ1) is 18.9. The van der Waals surface area contributed by atoms with Crippen molar-refractivity contribution in [1.29, 1.82) is 0 Å². The number of rotatable bonds is 3. The van der Waals surface area contributed by atoms with Crippen molar-refractivity contribution in [3.8, 4) is 5.75 Å². The Balaban J connectivity index is 1.54. The SMILES string of the molecule is COc1cc(C(=O)N2CCN(C(=O)c3ccco3)CC2)nc2c(C)cc(F)cc12. The van der Waals surface area contributed by atoms with Crippen molar-refractivity contribution in [2.45, 2.75) is 6.92 Å². The summed E-state index contributed by atoms with van der Waals surface area (Å²) in [5.74, 6) is -0.142. The molecule has 2 aromatic heterocycles. The fourth-order valence-electron chi connectivity index (χ4n) is 3.54. The van der Waals surface area contributed by atoms with E-state index >= 15 is 0 Å². The fraction of sp³-hybridized carbons (Fsp3) is 0.286. The van der Waals surface area contributed by atoms with Crippen LogP contribution in [0.5, 0.6) is 5.75 Å². The Bertz CT molecular complexity index is 1070. The third kappa shape index (κ3) is 3.53. The summed E-state index contributed by atoms with van der Waals surface area (Å²) >= 11 is 0. The molecular weight excluding hydrogens is 377 g/mol. The molecule has 0 spiro atoms. The highest BCUT2D eigenvalue weighted by molar-refractivity contribution is 5.98. The molecule has 0 radical (unpaired) electrons. The zero-order chi connectivity index (χ0) is 20.5. The lowest BCUT2D eigenvalue weighted by Crippen LogP contribution is -2.50. The number of fused-ring (bicyclic) bond motifs is 1. The number of piperazine rings is 1. The van der Waals surface area contributed by atoms with Crippen LogP contribution in [0.15, 0.2) is 41.0 Å². The van der Waals surface area contributed by atoms with Crippen LogP contribution < -0.4 is 4.74 Å². The molecule has 29 heavy (non-hydrogen) atoms. The summed E-state index contributed by atoms with van der Waals surface area (Å²) in [6.45, 7) is 3.32. The van der Waals surface area contributed by atoms with Crippen LogP contribution in [0.2, 0.25) is 0 Å². The molecule has 4 rings (SSSR count). The molecule has 1 aliphatic heterocycles. The number of hydrogen-bond donors (Lipinski definition) is 0. The number of ether oxygens (including phenoxy) is 1. The van der Waals surface area contributed by atoms with Crippen LogP contribution in [0.4, 0.5) is 4.39 Å². The van der Waals surface area contributed by atoms with Gasteiger partial charge in [-0.1, -0.05) is 0 Å². The molecular formula is C21H20FN3O4. The van der Waals surface area contributed by atoms with Crippen LogP contribution in [-0.2, 0) is 0 Å². The van der Waals surface area contributed by atoms with Crippen LogP contribution >= 0.6 is 0 Å². The minimum atomic E-state index is -0.383. The summed E-state index contributed by atoms with van der Waals surface area (Å²) in [4.78, 5) is 33.1. The van der Waals surface area contributed by atoms with Crippen LogP contribution in [0.1, 0.15) is 26.6 Å². The number of halogens is 1. The summed E-state index contributed by atoms with van der Waals surface area (Å²) in [6.07, 6.45) is 1.46. The van der Waals surface area contributed by atoms with Crippen molar-refractivity contribution in [3.63, 3.8) is 0 Å². The van der Waals surface area contributed by atoms with Crippen molar-refractivity contribution in [2.24, 2.45) is 0 Å². The molecule has 0 atom stereocenters. The van der Waals surface area contributed by atoms with E-state index in [1.807, 2.05) is 0 Å². The van der Waals surface area contributed by atoms with Gasteiger partial charge in [0, 0.05) is 37.6 Å². The molecule has 3 heterocycles. The van der Waals surface area contributed by atoms with Gasteiger partial charge < -0.3 is 19.0 Å². The third-order valence-corrected chi connectivity index (χ3v) is 5.06. The average Bonchev–Trinajstić information content (AvgIpc) is 3.27. The lowest BCUT2D eigenvalue weighted by Gasteiger charge is -2.34. The number of benzene rings is 1. The monoisotopic (exact) mass is 397 g/mol. The summed E-state index contributed by atoms with van der Waals surface area (Å²) in [5.41, 5.74) is 1.39. The summed E-state index contributed by atoms with van der Waals surface area (Å²) in [5, 5.41) is 0.524. The number of carbonyl (C=O) groups is 2. The first-order valence-electron chi connectivity index (χ1n) is 9.25. The number of pyridine rings is 1. The van der Waals surface area contributed by atoms with E-state index < -0.39 is 0 Å². The van der Waals surface area contributed by atoms with E-state index in [1.165, 1.54) is 31.6 Å². The summed E-state index contributed by atoms with van der Waals surface area (Å²) in [6, 6.07) is 7.55. The van der Waals surface area contributed by atoms with Gasteiger partial charge in [0.1, 0.15) is 17.3 Å². The minimum absolute atomic E-state index is 0.190. The maximum atomic E-state index is 13.8. The van der Waals surface area contributed by atoms with Crippen molar-refractivity contribution >= 4 is 22.7 Å². The van der Waals surface area contributed by atoms with Gasteiger partial charge in [-0.3, -0.25) is 9.59 Å². The normalized spacial score (nSPS) is 14.3. The molecule has 2 amide bonds. The topological polar surface area (TPSA) is 75.9 Å². The van der Waals surface area contributed by atoms with Gasteiger partial charge in [0.05, 0.1) is 18.9 Å². The highest BCUT2D eigenvalue weighted by Gasteiger charge is 2.28. The van der Waals surface area contributed by atoms with Gasteiger partial charge in [-0.2, -0.15) is 0 Å². The van der Waals surface area contributed by atoms with Gasteiger partial charge in [0.15, 0.2) is 5.76 Å². The molecule has 0 unspecified atom stereocenters. The lowest BCUT2D eigenvalue weighted by molar-refractivity contribution is 0.0515. The molecule has 1 fully saturated rings. The number of amides is 2. The molecule has 0 saturated carbocycles. The number of aromatic nitrogens is 1. The molecule has 0 bridgehead atoms. The van der Waals surface area contributed by atoms with E-state index in [-0.39, 0.29) is 29.1 Å². The zero-order valence-corrected chi connectivity index (χ0v) is 16.1. The number of furan rings is 1. The average molecular weight is 397 g/mol. The minimum Gasteiger partial charge on any atom is -0.496 e. The van der Waals surface area contributed by atoms with E-state index in [9.17, 15) is 14.0 Å². The third-order valence-electron chi connectivity index (χ3n) is 5.06. The predicted octanol–water partition coefficient (Wildman–Crippen LogP) is 2.88. The highest BCUT2D eigenvalue weighted by atomic mass is 19.1. The Morgan fingerprint density at radius 1 is 1.10 bits per heavy atom.